The highest BCUT2D eigenvalue weighted by Crippen LogP contribution is 2.41. The Hall–Kier alpha value is -2.99. The predicted octanol–water partition coefficient (Wildman–Crippen LogP) is 3.75. The van der Waals surface area contributed by atoms with Gasteiger partial charge in [0, 0.05) is 18.2 Å². The molecule has 1 aliphatic carbocycles. The summed E-state index contributed by atoms with van der Waals surface area (Å²) in [7, 11) is 0. The first-order valence-corrected chi connectivity index (χ1v) is 9.64. The molecule has 5 rings (SSSR count). The second kappa shape index (κ2) is 6.63. The average Bonchev–Trinajstić information content (AvgIpc) is 3.38. The molecule has 1 aliphatic heterocycles. The molecule has 0 bridgehead atoms. The Morgan fingerprint density at radius 1 is 1.04 bits per heavy atom. The van der Waals surface area contributed by atoms with Gasteiger partial charge in [0.2, 0.25) is 0 Å². The van der Waals surface area contributed by atoms with E-state index in [2.05, 4.69) is 44.5 Å². The summed E-state index contributed by atoms with van der Waals surface area (Å²) in [4.78, 5) is 25.8. The monoisotopic (exact) mass is 372 g/mol. The van der Waals surface area contributed by atoms with Gasteiger partial charge in [-0.3, -0.25) is 9.78 Å². The molecule has 27 heavy (non-hydrogen) atoms. The van der Waals surface area contributed by atoms with Crippen molar-refractivity contribution in [3.63, 3.8) is 0 Å². The number of carbonyl (C=O) groups excluding carboxylic acids is 1. The largest absolute Gasteiger partial charge is 0.361 e. The number of hydrogen-bond donors (Lipinski definition) is 1. The smallest absolute Gasteiger partial charge is 0.286 e. The van der Waals surface area contributed by atoms with E-state index in [0.717, 1.165) is 23.1 Å². The number of benzene rings is 1. The minimum Gasteiger partial charge on any atom is -0.361 e. The third-order valence-corrected chi connectivity index (χ3v) is 5.62. The molecular formula is C21H16N4OS. The van der Waals surface area contributed by atoms with E-state index in [-0.39, 0.29) is 5.91 Å². The topological polar surface area (TPSA) is 67.2 Å². The van der Waals surface area contributed by atoms with E-state index < -0.39 is 0 Å². The van der Waals surface area contributed by atoms with Crippen LogP contribution in [0.15, 0.2) is 70.7 Å². The summed E-state index contributed by atoms with van der Waals surface area (Å²) in [5, 5.41) is 4.08. The second-order valence-corrected chi connectivity index (χ2v) is 7.64. The Bertz CT molecular complexity index is 1090. The number of aromatic nitrogens is 2. The molecule has 6 heteroatoms. The van der Waals surface area contributed by atoms with Gasteiger partial charge in [0.1, 0.15) is 0 Å². The van der Waals surface area contributed by atoms with Crippen LogP contribution in [0, 0.1) is 0 Å². The highest BCUT2D eigenvalue weighted by atomic mass is 32.2. The zero-order valence-corrected chi connectivity index (χ0v) is 15.2. The third kappa shape index (κ3) is 3.36. The molecule has 3 heterocycles. The number of amides is 1. The summed E-state index contributed by atoms with van der Waals surface area (Å²) in [6.07, 6.45) is 4.60. The predicted molar refractivity (Wildman–Crippen MR) is 108 cm³/mol. The Morgan fingerprint density at radius 3 is 2.81 bits per heavy atom. The number of pyridine rings is 2. The number of nitrogens with zero attached hydrogens (tertiary/aromatic N) is 3. The fourth-order valence-corrected chi connectivity index (χ4v) is 4.10. The maximum absolute atomic E-state index is 12.2. The maximum atomic E-state index is 12.2. The van der Waals surface area contributed by atoms with Crippen LogP contribution in [0.4, 0.5) is 0 Å². The minimum atomic E-state index is -0.215. The molecule has 0 saturated heterocycles. The summed E-state index contributed by atoms with van der Waals surface area (Å²) >= 11 is 1.38. The van der Waals surface area contributed by atoms with E-state index in [9.17, 15) is 4.79 Å². The van der Waals surface area contributed by atoms with Gasteiger partial charge in [0.15, 0.2) is 5.17 Å². The van der Waals surface area contributed by atoms with Gasteiger partial charge in [-0.05, 0) is 54.1 Å². The molecule has 5 nitrogen and oxygen atoms in total. The molecule has 1 amide bonds. The Kier molecular flexibility index (Phi) is 3.98. The highest BCUT2D eigenvalue weighted by molar-refractivity contribution is 8.18. The number of thioether (sulfide) groups is 1. The van der Waals surface area contributed by atoms with Crippen LogP contribution in [-0.4, -0.2) is 27.1 Å². The zero-order chi connectivity index (χ0) is 18.2. The lowest BCUT2D eigenvalue weighted by Gasteiger charge is -2.04. The van der Waals surface area contributed by atoms with E-state index in [0.29, 0.717) is 22.0 Å². The summed E-state index contributed by atoms with van der Waals surface area (Å²) < 4.78 is 0. The summed E-state index contributed by atoms with van der Waals surface area (Å²) in [6, 6.07) is 18.3. The van der Waals surface area contributed by atoms with Crippen LogP contribution >= 0.6 is 11.8 Å². The lowest BCUT2D eigenvalue weighted by molar-refractivity contribution is -0.113. The van der Waals surface area contributed by atoms with Gasteiger partial charge in [-0.25, -0.2) is 4.98 Å². The van der Waals surface area contributed by atoms with Crippen LogP contribution in [0.3, 0.4) is 0 Å². The molecule has 2 aliphatic rings. The average molecular weight is 372 g/mol. The van der Waals surface area contributed by atoms with Crippen molar-refractivity contribution in [3.05, 3.63) is 77.0 Å². The number of rotatable bonds is 3. The third-order valence-electron chi connectivity index (χ3n) is 4.70. The van der Waals surface area contributed by atoms with Crippen molar-refractivity contribution in [1.29, 1.82) is 0 Å². The van der Waals surface area contributed by atoms with E-state index in [1.54, 1.807) is 12.3 Å². The van der Waals surface area contributed by atoms with Crippen molar-refractivity contribution in [2.45, 2.75) is 18.4 Å². The number of nitrogens with one attached hydrogen (secondary N) is 1. The van der Waals surface area contributed by atoms with Crippen LogP contribution in [0.1, 0.15) is 23.6 Å². The van der Waals surface area contributed by atoms with Gasteiger partial charge < -0.3 is 5.32 Å². The van der Waals surface area contributed by atoms with E-state index in [1.165, 1.54) is 17.3 Å². The van der Waals surface area contributed by atoms with Gasteiger partial charge >= 0.3 is 0 Å². The number of fused-ring (bicyclic) bond motifs is 1. The molecule has 0 radical (unpaired) electrons. The van der Waals surface area contributed by atoms with Crippen molar-refractivity contribution >= 4 is 39.9 Å². The van der Waals surface area contributed by atoms with Crippen molar-refractivity contribution in [3.8, 4) is 0 Å². The first kappa shape index (κ1) is 16.2. The SMILES string of the molecule is O=C1N=C(NC2C[C@H]2c2ccccc2)S/C1=C\c1ccc2ncccc2n1. The number of carbonyl (C=O) groups is 1. The molecular weight excluding hydrogens is 356 g/mol. The van der Waals surface area contributed by atoms with Gasteiger partial charge in [-0.2, -0.15) is 4.99 Å². The van der Waals surface area contributed by atoms with Crippen LogP contribution in [0.25, 0.3) is 17.1 Å². The summed E-state index contributed by atoms with van der Waals surface area (Å²) in [5.74, 6) is 0.278. The maximum Gasteiger partial charge on any atom is 0.286 e. The Labute approximate surface area is 160 Å². The van der Waals surface area contributed by atoms with E-state index in [4.69, 9.17) is 0 Å². The second-order valence-electron chi connectivity index (χ2n) is 6.61. The van der Waals surface area contributed by atoms with Crippen molar-refractivity contribution in [2.24, 2.45) is 4.99 Å². The molecule has 2 atom stereocenters. The highest BCUT2D eigenvalue weighted by Gasteiger charge is 2.40. The van der Waals surface area contributed by atoms with Crippen molar-refractivity contribution < 1.29 is 4.79 Å². The minimum absolute atomic E-state index is 0.215. The molecule has 1 N–H and O–H groups in total. The molecule has 3 aromatic rings. The number of amidine groups is 1. The Balaban J connectivity index is 1.28. The lowest BCUT2D eigenvalue weighted by Crippen LogP contribution is -2.22. The normalized spacial score (nSPS) is 22.9. The van der Waals surface area contributed by atoms with Crippen LogP contribution in [0.5, 0.6) is 0 Å². The van der Waals surface area contributed by atoms with Crippen molar-refractivity contribution in [2.75, 3.05) is 0 Å². The number of aliphatic imine (C=N–C) groups is 1. The van der Waals surface area contributed by atoms with Gasteiger partial charge in [-0.1, -0.05) is 30.3 Å². The zero-order valence-electron chi connectivity index (χ0n) is 14.4. The lowest BCUT2D eigenvalue weighted by atomic mass is 10.1. The first-order chi connectivity index (χ1) is 13.3. The first-order valence-electron chi connectivity index (χ1n) is 8.82. The molecule has 1 saturated carbocycles. The molecule has 1 aromatic carbocycles. The fraction of sp³-hybridized carbons (Fsp3) is 0.143. The molecule has 1 fully saturated rings. The van der Waals surface area contributed by atoms with Gasteiger partial charge in [0.25, 0.3) is 5.91 Å². The molecule has 2 aromatic heterocycles. The summed E-state index contributed by atoms with van der Waals surface area (Å²) in [5.41, 5.74) is 3.71. The van der Waals surface area contributed by atoms with Crippen LogP contribution < -0.4 is 5.32 Å². The molecule has 1 unspecified atom stereocenters. The van der Waals surface area contributed by atoms with Crippen LogP contribution in [-0.2, 0) is 4.79 Å². The Morgan fingerprint density at radius 2 is 1.93 bits per heavy atom. The molecule has 132 valence electrons. The van der Waals surface area contributed by atoms with Gasteiger partial charge in [0.05, 0.1) is 21.6 Å². The molecule has 0 spiro atoms. The summed E-state index contributed by atoms with van der Waals surface area (Å²) in [6.45, 7) is 0. The number of hydrogen-bond acceptors (Lipinski definition) is 5. The van der Waals surface area contributed by atoms with E-state index in [1.807, 2.05) is 30.3 Å². The quantitative estimate of drug-likeness (QED) is 0.710. The van der Waals surface area contributed by atoms with Crippen molar-refractivity contribution in [1.82, 2.24) is 15.3 Å². The van der Waals surface area contributed by atoms with E-state index >= 15 is 0 Å². The van der Waals surface area contributed by atoms with Gasteiger partial charge in [-0.15, -0.1) is 0 Å². The fourth-order valence-electron chi connectivity index (χ4n) is 3.24. The standard InChI is InChI=1S/C21H16N4OS/c26-20-19(11-14-8-9-16-17(23-14)7-4-10-22-16)27-21(25-20)24-18-12-15(18)13-5-2-1-3-6-13/h1-11,15,18H,12H2,(H,24,25,26)/b19-11-/t15-,18?/m0/s1. The van der Waals surface area contributed by atoms with Crippen LogP contribution in [0.2, 0.25) is 0 Å².